The predicted octanol–water partition coefficient (Wildman–Crippen LogP) is 0.478. The van der Waals surface area contributed by atoms with Crippen LogP contribution in [0.3, 0.4) is 0 Å². The van der Waals surface area contributed by atoms with Gasteiger partial charge in [-0.3, -0.25) is 0 Å². The molecule has 4 N–H and O–H groups in total. The zero-order chi connectivity index (χ0) is 12.7. The van der Waals surface area contributed by atoms with Crippen LogP contribution in [0, 0.1) is 0 Å². The van der Waals surface area contributed by atoms with Crippen molar-refractivity contribution >= 4 is 21.2 Å². The normalized spacial score (nSPS) is 11.4. The number of nitrogen functional groups attached to an aromatic ring is 1. The van der Waals surface area contributed by atoms with Crippen LogP contribution >= 0.6 is 0 Å². The Balaban J connectivity index is 2.29. The highest BCUT2D eigenvalue weighted by Gasteiger charge is 2.08. The monoisotopic (exact) mass is 258 g/mol. The molecule has 0 radical (unpaired) electrons. The molecule has 0 aliphatic heterocycles. The average Bonchev–Trinajstić information content (AvgIpc) is 2.24. The predicted molar refractivity (Wildman–Crippen MR) is 69.7 cm³/mol. The van der Waals surface area contributed by atoms with Crippen LogP contribution in [-0.4, -0.2) is 38.2 Å². The lowest BCUT2D eigenvalue weighted by molar-refractivity contribution is 0.319. The van der Waals surface area contributed by atoms with Crippen LogP contribution in [0.15, 0.2) is 24.3 Å². The first-order valence-corrected chi connectivity index (χ1v) is 7.26. The molecular formula is C11H18N2O3S. The zero-order valence-electron chi connectivity index (χ0n) is 9.59. The molecule has 0 fully saturated rings. The van der Waals surface area contributed by atoms with Gasteiger partial charge in [0.1, 0.15) is 0 Å². The molecule has 0 aromatic heterocycles. The number of sulfone groups is 1. The van der Waals surface area contributed by atoms with Gasteiger partial charge < -0.3 is 16.2 Å². The Hall–Kier alpha value is -1.27. The summed E-state index contributed by atoms with van der Waals surface area (Å²) in [7, 11) is -3.11. The molecule has 0 spiro atoms. The van der Waals surface area contributed by atoms with Gasteiger partial charge in [-0.1, -0.05) is 6.07 Å². The quantitative estimate of drug-likeness (QED) is 0.488. The Morgan fingerprint density at radius 1 is 1.29 bits per heavy atom. The van der Waals surface area contributed by atoms with E-state index in [9.17, 15) is 8.42 Å². The third-order valence-corrected chi connectivity index (χ3v) is 3.97. The largest absolute Gasteiger partial charge is 0.399 e. The van der Waals surface area contributed by atoms with E-state index in [4.69, 9.17) is 10.8 Å². The number of nitrogens with one attached hydrogen (secondary N) is 1. The third-order valence-electron chi connectivity index (χ3n) is 2.25. The summed E-state index contributed by atoms with van der Waals surface area (Å²) >= 11 is 0. The third kappa shape index (κ3) is 5.55. The molecule has 6 heteroatoms. The fraction of sp³-hybridized carbons (Fsp3) is 0.455. The van der Waals surface area contributed by atoms with E-state index < -0.39 is 9.84 Å². The number of aliphatic hydroxyl groups excluding tert-OH is 1. The van der Waals surface area contributed by atoms with Crippen LogP contribution in [0.2, 0.25) is 0 Å². The highest BCUT2D eigenvalue weighted by atomic mass is 32.2. The summed E-state index contributed by atoms with van der Waals surface area (Å²) in [6, 6.07) is 7.29. The molecule has 96 valence electrons. The maximum Gasteiger partial charge on any atom is 0.152 e. The van der Waals surface area contributed by atoms with Crippen LogP contribution < -0.4 is 11.1 Å². The second-order valence-corrected chi connectivity index (χ2v) is 6.08. The highest BCUT2D eigenvalue weighted by molar-refractivity contribution is 7.91. The number of anilines is 2. The van der Waals surface area contributed by atoms with E-state index in [0.29, 0.717) is 18.7 Å². The van der Waals surface area contributed by atoms with Crippen LogP contribution in [0.4, 0.5) is 11.4 Å². The van der Waals surface area contributed by atoms with Gasteiger partial charge >= 0.3 is 0 Å². The lowest BCUT2D eigenvalue weighted by Crippen LogP contribution is -2.16. The maximum atomic E-state index is 11.3. The van der Waals surface area contributed by atoms with Crippen LogP contribution in [-0.2, 0) is 9.84 Å². The van der Waals surface area contributed by atoms with Gasteiger partial charge in [0.05, 0.1) is 18.1 Å². The summed E-state index contributed by atoms with van der Waals surface area (Å²) in [4.78, 5) is 0. The highest BCUT2D eigenvalue weighted by Crippen LogP contribution is 2.11. The molecule has 0 atom stereocenters. The summed E-state index contributed by atoms with van der Waals surface area (Å²) in [6.45, 7) is 0.249. The van der Waals surface area contributed by atoms with Gasteiger partial charge in [-0.25, -0.2) is 8.42 Å². The molecule has 0 unspecified atom stereocenters. The SMILES string of the molecule is Nc1cccc(NCCCS(=O)(=O)CCO)c1. The Kier molecular flexibility index (Phi) is 5.24. The fourth-order valence-electron chi connectivity index (χ4n) is 1.41. The second-order valence-electron chi connectivity index (χ2n) is 3.78. The Bertz CT molecular complexity index is 446. The van der Waals surface area contributed by atoms with E-state index >= 15 is 0 Å². The van der Waals surface area contributed by atoms with Crippen molar-refractivity contribution in [3.05, 3.63) is 24.3 Å². The number of nitrogens with two attached hydrogens (primary N) is 1. The van der Waals surface area contributed by atoms with Crippen molar-refractivity contribution in [2.45, 2.75) is 6.42 Å². The van der Waals surface area contributed by atoms with Gasteiger partial charge in [0, 0.05) is 17.9 Å². The first kappa shape index (κ1) is 13.8. The summed E-state index contributed by atoms with van der Waals surface area (Å²) in [6.07, 6.45) is 0.511. The van der Waals surface area contributed by atoms with Crippen LogP contribution in [0.5, 0.6) is 0 Å². The van der Waals surface area contributed by atoms with E-state index in [2.05, 4.69) is 5.32 Å². The molecule has 1 aromatic carbocycles. The number of hydrogen-bond acceptors (Lipinski definition) is 5. The van der Waals surface area contributed by atoms with Gasteiger partial charge in [0.25, 0.3) is 0 Å². The molecule has 0 aliphatic carbocycles. The standard InChI is InChI=1S/C11H18N2O3S/c12-10-3-1-4-11(9-10)13-5-2-7-17(15,16)8-6-14/h1,3-4,9,13-14H,2,5-8,12H2. The van der Waals surface area contributed by atoms with Crippen molar-refractivity contribution in [3.63, 3.8) is 0 Å². The average molecular weight is 258 g/mol. The van der Waals surface area contributed by atoms with E-state index in [-0.39, 0.29) is 18.1 Å². The molecule has 0 saturated heterocycles. The maximum absolute atomic E-state index is 11.3. The molecule has 0 saturated carbocycles. The minimum atomic E-state index is -3.11. The lowest BCUT2D eigenvalue weighted by Gasteiger charge is -2.07. The van der Waals surface area contributed by atoms with Crippen molar-refractivity contribution in [1.29, 1.82) is 0 Å². The summed E-state index contributed by atoms with van der Waals surface area (Å²) < 4.78 is 22.6. The molecule has 0 amide bonds. The first-order valence-electron chi connectivity index (χ1n) is 5.44. The number of rotatable bonds is 7. The van der Waals surface area contributed by atoms with Crippen molar-refractivity contribution in [1.82, 2.24) is 0 Å². The van der Waals surface area contributed by atoms with Crippen LogP contribution in [0.25, 0.3) is 0 Å². The molecule has 0 heterocycles. The molecule has 5 nitrogen and oxygen atoms in total. The molecule has 1 rings (SSSR count). The summed E-state index contributed by atoms with van der Waals surface area (Å²) in [5.41, 5.74) is 7.16. The van der Waals surface area contributed by atoms with Gasteiger partial charge in [-0.2, -0.15) is 0 Å². The molecular weight excluding hydrogens is 240 g/mol. The van der Waals surface area contributed by atoms with Crippen molar-refractivity contribution in [3.8, 4) is 0 Å². The number of hydrogen-bond donors (Lipinski definition) is 3. The van der Waals surface area contributed by atoms with Crippen molar-refractivity contribution in [2.75, 3.05) is 35.7 Å². The fourth-order valence-corrected chi connectivity index (χ4v) is 2.48. The minimum Gasteiger partial charge on any atom is -0.399 e. The molecule has 0 aliphatic rings. The van der Waals surface area contributed by atoms with Gasteiger partial charge in [0.2, 0.25) is 0 Å². The molecule has 1 aromatic rings. The van der Waals surface area contributed by atoms with Gasteiger partial charge in [-0.05, 0) is 24.6 Å². The van der Waals surface area contributed by atoms with E-state index in [1.807, 2.05) is 12.1 Å². The van der Waals surface area contributed by atoms with Gasteiger partial charge in [0.15, 0.2) is 9.84 Å². The second kappa shape index (κ2) is 6.46. The number of aliphatic hydroxyl groups is 1. The van der Waals surface area contributed by atoms with Gasteiger partial charge in [-0.15, -0.1) is 0 Å². The van der Waals surface area contributed by atoms with Crippen LogP contribution in [0.1, 0.15) is 6.42 Å². The Labute approximate surface area is 102 Å². The molecule has 17 heavy (non-hydrogen) atoms. The van der Waals surface area contributed by atoms with E-state index in [1.54, 1.807) is 12.1 Å². The van der Waals surface area contributed by atoms with Crippen molar-refractivity contribution < 1.29 is 13.5 Å². The topological polar surface area (TPSA) is 92.4 Å². The van der Waals surface area contributed by atoms with E-state index in [0.717, 1.165) is 5.69 Å². The van der Waals surface area contributed by atoms with Crippen molar-refractivity contribution in [2.24, 2.45) is 0 Å². The Morgan fingerprint density at radius 2 is 2.06 bits per heavy atom. The Morgan fingerprint density at radius 3 is 2.71 bits per heavy atom. The summed E-state index contributed by atoms with van der Waals surface area (Å²) in [5, 5.41) is 11.7. The lowest BCUT2D eigenvalue weighted by atomic mass is 10.3. The number of benzene rings is 1. The minimum absolute atomic E-state index is 0.0862. The zero-order valence-corrected chi connectivity index (χ0v) is 10.4. The first-order chi connectivity index (χ1) is 8.03. The molecule has 0 bridgehead atoms. The van der Waals surface area contributed by atoms with E-state index in [1.165, 1.54) is 0 Å². The smallest absolute Gasteiger partial charge is 0.152 e. The summed E-state index contributed by atoms with van der Waals surface area (Å²) in [5.74, 6) is -0.0752.